The van der Waals surface area contributed by atoms with Gasteiger partial charge in [-0.15, -0.1) is 11.3 Å². The van der Waals surface area contributed by atoms with Crippen LogP contribution in [0.4, 0.5) is 5.69 Å². The summed E-state index contributed by atoms with van der Waals surface area (Å²) in [5, 5.41) is 6.09. The summed E-state index contributed by atoms with van der Waals surface area (Å²) in [6, 6.07) is 10.5. The van der Waals surface area contributed by atoms with Gasteiger partial charge in [-0.2, -0.15) is 4.98 Å². The summed E-state index contributed by atoms with van der Waals surface area (Å²) < 4.78 is 5.41. The molecule has 0 aliphatic carbocycles. The molecule has 0 amide bonds. The molecule has 22 heavy (non-hydrogen) atoms. The molecule has 0 bridgehead atoms. The topological polar surface area (TPSA) is 42.2 Å². The number of aryl methyl sites for hydroxylation is 2. The Morgan fingerprint density at radius 2 is 1.95 bits per heavy atom. The number of benzene rings is 1. The van der Waals surface area contributed by atoms with Crippen LogP contribution >= 0.6 is 11.3 Å². The lowest BCUT2D eigenvalue weighted by Gasteiger charge is -2.22. The molecule has 2 heterocycles. The Morgan fingerprint density at radius 1 is 1.18 bits per heavy atom. The molecular formula is C17H19N3OS. The van der Waals surface area contributed by atoms with Gasteiger partial charge in [0.15, 0.2) is 0 Å². The van der Waals surface area contributed by atoms with Gasteiger partial charge in [0.2, 0.25) is 11.7 Å². The highest BCUT2D eigenvalue weighted by Gasteiger charge is 2.13. The van der Waals surface area contributed by atoms with E-state index in [0.717, 1.165) is 11.4 Å². The molecule has 5 heteroatoms. The zero-order chi connectivity index (χ0) is 15.5. The summed E-state index contributed by atoms with van der Waals surface area (Å²) in [6.45, 7) is 7.88. The fourth-order valence-corrected chi connectivity index (χ4v) is 3.16. The zero-order valence-corrected chi connectivity index (χ0v) is 13.9. The quantitative estimate of drug-likeness (QED) is 0.698. The van der Waals surface area contributed by atoms with E-state index in [1.165, 1.54) is 16.8 Å². The fraction of sp³-hybridized carbons (Fsp3) is 0.294. The second-order valence-electron chi connectivity index (χ2n) is 5.35. The van der Waals surface area contributed by atoms with Gasteiger partial charge >= 0.3 is 0 Å². The molecule has 0 aliphatic rings. The van der Waals surface area contributed by atoms with Gasteiger partial charge in [0, 0.05) is 12.2 Å². The number of nitrogens with zero attached hydrogens (tertiary/aromatic N) is 3. The van der Waals surface area contributed by atoms with E-state index in [1.54, 1.807) is 11.3 Å². The summed E-state index contributed by atoms with van der Waals surface area (Å²) in [5.74, 6) is 1.31. The fourth-order valence-electron chi connectivity index (χ4n) is 2.51. The maximum atomic E-state index is 5.41. The van der Waals surface area contributed by atoms with Gasteiger partial charge in [-0.1, -0.05) is 17.3 Å². The maximum Gasteiger partial charge on any atom is 0.246 e. The van der Waals surface area contributed by atoms with Crippen molar-refractivity contribution in [1.29, 1.82) is 0 Å². The molecule has 114 valence electrons. The van der Waals surface area contributed by atoms with Crippen molar-refractivity contribution in [2.75, 3.05) is 11.4 Å². The SMILES string of the molecule is CCN(Cc1nc(-c2cccs2)no1)c1cc(C)cc(C)c1. The molecule has 0 fully saturated rings. The molecule has 2 aromatic heterocycles. The number of anilines is 1. The number of thiophene rings is 1. The van der Waals surface area contributed by atoms with Crippen molar-refractivity contribution in [3.05, 3.63) is 52.7 Å². The summed E-state index contributed by atoms with van der Waals surface area (Å²) in [4.78, 5) is 7.78. The minimum absolute atomic E-state index is 0.623. The smallest absolute Gasteiger partial charge is 0.246 e. The van der Waals surface area contributed by atoms with E-state index in [-0.39, 0.29) is 0 Å². The lowest BCUT2D eigenvalue weighted by molar-refractivity contribution is 0.377. The van der Waals surface area contributed by atoms with E-state index in [1.807, 2.05) is 17.5 Å². The Labute approximate surface area is 134 Å². The molecular weight excluding hydrogens is 294 g/mol. The van der Waals surface area contributed by atoms with Gasteiger partial charge in [-0.3, -0.25) is 0 Å². The molecule has 0 saturated heterocycles. The molecule has 1 aromatic carbocycles. The average molecular weight is 313 g/mol. The Morgan fingerprint density at radius 3 is 2.59 bits per heavy atom. The molecule has 0 N–H and O–H groups in total. The first-order chi connectivity index (χ1) is 10.7. The molecule has 0 aliphatic heterocycles. The number of hydrogen-bond donors (Lipinski definition) is 0. The van der Waals surface area contributed by atoms with Crippen LogP contribution in [0, 0.1) is 13.8 Å². The molecule has 3 rings (SSSR count). The highest BCUT2D eigenvalue weighted by atomic mass is 32.1. The Kier molecular flexibility index (Phi) is 4.24. The monoisotopic (exact) mass is 313 g/mol. The Hall–Kier alpha value is -2.14. The van der Waals surface area contributed by atoms with Crippen molar-refractivity contribution >= 4 is 17.0 Å². The van der Waals surface area contributed by atoms with Crippen LogP contribution in [0.3, 0.4) is 0 Å². The summed E-state index contributed by atoms with van der Waals surface area (Å²) in [6.07, 6.45) is 0. The second kappa shape index (κ2) is 6.32. The molecule has 0 unspecified atom stereocenters. The average Bonchev–Trinajstić information content (AvgIpc) is 3.14. The van der Waals surface area contributed by atoms with Crippen molar-refractivity contribution in [2.24, 2.45) is 0 Å². The van der Waals surface area contributed by atoms with Gasteiger partial charge in [0.05, 0.1) is 11.4 Å². The first-order valence-corrected chi connectivity index (χ1v) is 8.23. The van der Waals surface area contributed by atoms with Crippen molar-refractivity contribution < 1.29 is 4.52 Å². The highest BCUT2D eigenvalue weighted by molar-refractivity contribution is 7.13. The predicted molar refractivity (Wildman–Crippen MR) is 90.3 cm³/mol. The predicted octanol–water partition coefficient (Wildman–Crippen LogP) is 4.44. The molecule has 0 atom stereocenters. The van der Waals surface area contributed by atoms with Crippen LogP contribution in [-0.4, -0.2) is 16.7 Å². The third kappa shape index (κ3) is 3.20. The number of hydrogen-bond acceptors (Lipinski definition) is 5. The van der Waals surface area contributed by atoms with Crippen LogP contribution in [0.1, 0.15) is 23.9 Å². The van der Waals surface area contributed by atoms with Gasteiger partial charge in [-0.05, 0) is 55.5 Å². The van der Waals surface area contributed by atoms with Gasteiger partial charge in [0.1, 0.15) is 0 Å². The maximum absolute atomic E-state index is 5.41. The standard InChI is InChI=1S/C17H19N3OS/c1-4-20(14-9-12(2)8-13(3)10-14)11-16-18-17(19-21-16)15-6-5-7-22-15/h5-10H,4,11H2,1-3H3. The van der Waals surface area contributed by atoms with Crippen LogP contribution in [0.2, 0.25) is 0 Å². The second-order valence-corrected chi connectivity index (χ2v) is 6.30. The zero-order valence-electron chi connectivity index (χ0n) is 13.0. The summed E-state index contributed by atoms with van der Waals surface area (Å²) in [5.41, 5.74) is 3.72. The van der Waals surface area contributed by atoms with E-state index in [9.17, 15) is 0 Å². The molecule has 0 radical (unpaired) electrons. The number of rotatable bonds is 5. The normalized spacial score (nSPS) is 10.9. The van der Waals surface area contributed by atoms with Crippen LogP contribution in [0.25, 0.3) is 10.7 Å². The lowest BCUT2D eigenvalue weighted by Crippen LogP contribution is -2.22. The van der Waals surface area contributed by atoms with E-state index >= 15 is 0 Å². The van der Waals surface area contributed by atoms with Crippen LogP contribution in [0.15, 0.2) is 40.2 Å². The van der Waals surface area contributed by atoms with Crippen LogP contribution < -0.4 is 4.90 Å². The lowest BCUT2D eigenvalue weighted by atomic mass is 10.1. The Balaban J connectivity index is 1.81. The third-order valence-electron chi connectivity index (χ3n) is 3.49. The first-order valence-electron chi connectivity index (χ1n) is 7.35. The van der Waals surface area contributed by atoms with Gasteiger partial charge in [-0.25, -0.2) is 0 Å². The Bertz CT molecular complexity index is 729. The van der Waals surface area contributed by atoms with Crippen molar-refractivity contribution in [2.45, 2.75) is 27.3 Å². The van der Waals surface area contributed by atoms with Crippen molar-refractivity contribution in [1.82, 2.24) is 10.1 Å². The first kappa shape index (κ1) is 14.8. The van der Waals surface area contributed by atoms with Crippen molar-refractivity contribution in [3.63, 3.8) is 0 Å². The largest absolute Gasteiger partial charge is 0.362 e. The molecule has 4 nitrogen and oxygen atoms in total. The highest BCUT2D eigenvalue weighted by Crippen LogP contribution is 2.23. The van der Waals surface area contributed by atoms with E-state index in [4.69, 9.17) is 4.52 Å². The van der Waals surface area contributed by atoms with E-state index < -0.39 is 0 Å². The molecule has 0 saturated carbocycles. The minimum atomic E-state index is 0.623. The minimum Gasteiger partial charge on any atom is -0.362 e. The summed E-state index contributed by atoms with van der Waals surface area (Å²) in [7, 11) is 0. The summed E-state index contributed by atoms with van der Waals surface area (Å²) >= 11 is 1.62. The van der Waals surface area contributed by atoms with Crippen LogP contribution in [-0.2, 0) is 6.54 Å². The van der Waals surface area contributed by atoms with Gasteiger partial charge < -0.3 is 9.42 Å². The van der Waals surface area contributed by atoms with E-state index in [0.29, 0.717) is 18.3 Å². The molecule has 3 aromatic rings. The van der Waals surface area contributed by atoms with E-state index in [2.05, 4.69) is 54.0 Å². The van der Waals surface area contributed by atoms with Crippen molar-refractivity contribution in [3.8, 4) is 10.7 Å². The van der Waals surface area contributed by atoms with Crippen LogP contribution in [0.5, 0.6) is 0 Å². The molecule has 0 spiro atoms. The number of aromatic nitrogens is 2. The van der Waals surface area contributed by atoms with Gasteiger partial charge in [0.25, 0.3) is 0 Å². The third-order valence-corrected chi connectivity index (χ3v) is 4.35.